The van der Waals surface area contributed by atoms with E-state index in [4.69, 9.17) is 10.4 Å². The third kappa shape index (κ3) is 3.48. The molecule has 3 nitrogen and oxygen atoms in total. The summed E-state index contributed by atoms with van der Waals surface area (Å²) in [6, 6.07) is 4.73. The van der Waals surface area contributed by atoms with Crippen LogP contribution in [0.4, 0.5) is 13.2 Å². The Morgan fingerprint density at radius 1 is 1.41 bits per heavy atom. The number of hydrogen-bond donors (Lipinski definition) is 1. The molecule has 1 aromatic rings. The molecule has 0 aliphatic heterocycles. The van der Waals surface area contributed by atoms with Crippen molar-refractivity contribution in [3.8, 4) is 6.07 Å². The highest BCUT2D eigenvalue weighted by Gasteiger charge is 2.33. The Labute approximate surface area is 95.1 Å². The zero-order valence-corrected chi connectivity index (χ0v) is 8.58. The summed E-state index contributed by atoms with van der Waals surface area (Å²) in [5, 5.41) is 17.0. The lowest BCUT2D eigenvalue weighted by molar-refractivity contribution is -0.140. The molecular weight excluding hydrogens is 235 g/mol. The van der Waals surface area contributed by atoms with Crippen LogP contribution in [0.5, 0.6) is 0 Å². The van der Waals surface area contributed by atoms with Crippen molar-refractivity contribution >= 4 is 5.97 Å². The van der Waals surface area contributed by atoms with Crippen LogP contribution in [0.1, 0.15) is 23.1 Å². The minimum atomic E-state index is -4.58. The molecule has 6 heteroatoms. The molecule has 0 fully saturated rings. The van der Waals surface area contributed by atoms with Gasteiger partial charge in [0.25, 0.3) is 0 Å². The Morgan fingerprint density at radius 3 is 2.53 bits per heavy atom. The van der Waals surface area contributed by atoms with Crippen LogP contribution in [-0.4, -0.2) is 11.1 Å². The summed E-state index contributed by atoms with van der Waals surface area (Å²) in [7, 11) is 0. The minimum Gasteiger partial charge on any atom is -0.481 e. The van der Waals surface area contributed by atoms with Crippen LogP contribution in [0.25, 0.3) is 0 Å². The normalized spacial score (nSPS) is 10.9. The van der Waals surface area contributed by atoms with Crippen molar-refractivity contribution in [3.05, 3.63) is 34.9 Å². The molecule has 0 aromatic heterocycles. The molecule has 0 amide bonds. The van der Waals surface area contributed by atoms with Crippen LogP contribution in [0, 0.1) is 11.3 Å². The standard InChI is InChI=1S/C11H8F3NO2/c12-11(13,14)9-5-7(6-15)1-2-8(9)3-4-10(16)17/h1-2,5H,3-4H2,(H,16,17). The Morgan fingerprint density at radius 2 is 2.06 bits per heavy atom. The highest BCUT2D eigenvalue weighted by molar-refractivity contribution is 5.67. The Balaban J connectivity index is 3.12. The molecule has 0 atom stereocenters. The lowest BCUT2D eigenvalue weighted by Gasteiger charge is -2.12. The van der Waals surface area contributed by atoms with Crippen molar-refractivity contribution in [1.82, 2.24) is 0 Å². The Bertz CT molecular complexity index is 475. The van der Waals surface area contributed by atoms with E-state index in [0.717, 1.165) is 12.1 Å². The van der Waals surface area contributed by atoms with Gasteiger partial charge in [-0.3, -0.25) is 4.79 Å². The van der Waals surface area contributed by atoms with E-state index in [2.05, 4.69) is 0 Å². The summed E-state index contributed by atoms with van der Waals surface area (Å²) >= 11 is 0. The summed E-state index contributed by atoms with van der Waals surface area (Å²) in [6.45, 7) is 0. The molecule has 0 saturated carbocycles. The number of rotatable bonds is 3. The fraction of sp³-hybridized carbons (Fsp3) is 0.273. The van der Waals surface area contributed by atoms with Gasteiger partial charge >= 0.3 is 12.1 Å². The monoisotopic (exact) mass is 243 g/mol. The molecule has 0 radical (unpaired) electrons. The average Bonchev–Trinajstić information content (AvgIpc) is 2.24. The smallest absolute Gasteiger partial charge is 0.416 e. The van der Waals surface area contributed by atoms with Crippen LogP contribution in [0.15, 0.2) is 18.2 Å². The largest absolute Gasteiger partial charge is 0.481 e. The number of carbonyl (C=O) groups is 1. The van der Waals surface area contributed by atoms with Gasteiger partial charge in [0, 0.05) is 6.42 Å². The number of aryl methyl sites for hydroxylation is 1. The van der Waals surface area contributed by atoms with E-state index in [1.165, 1.54) is 6.07 Å². The van der Waals surface area contributed by atoms with Crippen molar-refractivity contribution in [2.75, 3.05) is 0 Å². The summed E-state index contributed by atoms with van der Waals surface area (Å²) in [5.74, 6) is -1.16. The lowest BCUT2D eigenvalue weighted by atomic mass is 10.00. The molecule has 0 aliphatic rings. The second-order valence-electron chi connectivity index (χ2n) is 3.38. The molecule has 0 unspecified atom stereocenters. The summed E-state index contributed by atoms with van der Waals surface area (Å²) in [5.41, 5.74) is -1.16. The number of hydrogen-bond acceptors (Lipinski definition) is 2. The first-order chi connectivity index (χ1) is 7.84. The van der Waals surface area contributed by atoms with E-state index < -0.39 is 17.7 Å². The third-order valence-corrected chi connectivity index (χ3v) is 2.15. The van der Waals surface area contributed by atoms with Crippen LogP contribution >= 0.6 is 0 Å². The maximum Gasteiger partial charge on any atom is 0.416 e. The average molecular weight is 243 g/mol. The highest BCUT2D eigenvalue weighted by Crippen LogP contribution is 2.33. The number of nitriles is 1. The molecule has 0 aliphatic carbocycles. The molecule has 0 heterocycles. The van der Waals surface area contributed by atoms with Gasteiger partial charge in [0.2, 0.25) is 0 Å². The van der Waals surface area contributed by atoms with Crippen LogP contribution in [0.3, 0.4) is 0 Å². The molecule has 0 bridgehead atoms. The van der Waals surface area contributed by atoms with Gasteiger partial charge < -0.3 is 5.11 Å². The highest BCUT2D eigenvalue weighted by atomic mass is 19.4. The van der Waals surface area contributed by atoms with Gasteiger partial charge in [0.15, 0.2) is 0 Å². The molecular formula is C11H8F3NO2. The zero-order chi connectivity index (χ0) is 13.1. The fourth-order valence-electron chi connectivity index (χ4n) is 1.37. The molecule has 17 heavy (non-hydrogen) atoms. The van der Waals surface area contributed by atoms with Gasteiger partial charge in [-0.25, -0.2) is 0 Å². The van der Waals surface area contributed by atoms with E-state index in [1.54, 1.807) is 6.07 Å². The number of benzene rings is 1. The van der Waals surface area contributed by atoms with E-state index in [1.807, 2.05) is 0 Å². The molecule has 1 N–H and O–H groups in total. The number of nitrogens with zero attached hydrogens (tertiary/aromatic N) is 1. The first kappa shape index (κ1) is 13.0. The number of alkyl halides is 3. The van der Waals surface area contributed by atoms with Crippen LogP contribution in [0.2, 0.25) is 0 Å². The van der Waals surface area contributed by atoms with Crippen LogP contribution < -0.4 is 0 Å². The summed E-state index contributed by atoms with van der Waals surface area (Å²) in [6.07, 6.45) is -5.18. The quantitative estimate of drug-likeness (QED) is 0.887. The van der Waals surface area contributed by atoms with Gasteiger partial charge in [0.1, 0.15) is 0 Å². The van der Waals surface area contributed by atoms with Crippen molar-refractivity contribution in [3.63, 3.8) is 0 Å². The second-order valence-corrected chi connectivity index (χ2v) is 3.38. The molecule has 1 rings (SSSR count). The van der Waals surface area contributed by atoms with Gasteiger partial charge in [-0.1, -0.05) is 6.07 Å². The summed E-state index contributed by atoms with van der Waals surface area (Å²) in [4.78, 5) is 10.3. The predicted molar refractivity (Wildman–Crippen MR) is 52.1 cm³/mol. The maximum atomic E-state index is 12.6. The van der Waals surface area contributed by atoms with Gasteiger partial charge in [0.05, 0.1) is 17.2 Å². The lowest BCUT2D eigenvalue weighted by Crippen LogP contribution is -2.11. The molecule has 1 aromatic carbocycles. The van der Waals surface area contributed by atoms with Crippen molar-refractivity contribution in [2.45, 2.75) is 19.0 Å². The van der Waals surface area contributed by atoms with E-state index in [-0.39, 0.29) is 24.0 Å². The van der Waals surface area contributed by atoms with Gasteiger partial charge in [-0.2, -0.15) is 18.4 Å². The van der Waals surface area contributed by atoms with Crippen molar-refractivity contribution < 1.29 is 23.1 Å². The first-order valence-corrected chi connectivity index (χ1v) is 4.66. The van der Waals surface area contributed by atoms with Crippen molar-refractivity contribution in [2.24, 2.45) is 0 Å². The van der Waals surface area contributed by atoms with Gasteiger partial charge in [-0.05, 0) is 24.1 Å². The first-order valence-electron chi connectivity index (χ1n) is 4.66. The number of carboxylic acids is 1. The minimum absolute atomic E-state index is 0.101. The molecule has 0 saturated heterocycles. The topological polar surface area (TPSA) is 61.1 Å². The number of halogens is 3. The second kappa shape index (κ2) is 4.87. The van der Waals surface area contributed by atoms with Crippen LogP contribution in [-0.2, 0) is 17.4 Å². The van der Waals surface area contributed by atoms with E-state index in [0.29, 0.717) is 0 Å². The van der Waals surface area contributed by atoms with E-state index >= 15 is 0 Å². The Hall–Kier alpha value is -2.03. The summed E-state index contributed by atoms with van der Waals surface area (Å²) < 4.78 is 37.9. The molecule has 90 valence electrons. The number of aliphatic carboxylic acids is 1. The maximum absolute atomic E-state index is 12.6. The fourth-order valence-corrected chi connectivity index (χ4v) is 1.37. The van der Waals surface area contributed by atoms with E-state index in [9.17, 15) is 18.0 Å². The SMILES string of the molecule is N#Cc1ccc(CCC(=O)O)c(C(F)(F)F)c1. The predicted octanol–water partition coefficient (Wildman–Crippen LogP) is 2.59. The van der Waals surface area contributed by atoms with Gasteiger partial charge in [-0.15, -0.1) is 0 Å². The molecule has 0 spiro atoms. The van der Waals surface area contributed by atoms with Crippen molar-refractivity contribution in [1.29, 1.82) is 5.26 Å². The number of carboxylic acid groups (broad SMARTS) is 1. The zero-order valence-electron chi connectivity index (χ0n) is 8.58. The Kier molecular flexibility index (Phi) is 3.73. The third-order valence-electron chi connectivity index (χ3n) is 2.15.